The van der Waals surface area contributed by atoms with Crippen molar-refractivity contribution in [3.05, 3.63) is 58.9 Å². The van der Waals surface area contributed by atoms with Crippen LogP contribution in [0.5, 0.6) is 0 Å². The predicted octanol–water partition coefficient (Wildman–Crippen LogP) is 3.32. The minimum atomic E-state index is -3.22. The molecule has 0 amide bonds. The van der Waals surface area contributed by atoms with Gasteiger partial charge in [-0.25, -0.2) is 17.8 Å². The molecule has 2 atom stereocenters. The Morgan fingerprint density at radius 2 is 1.87 bits per heavy atom. The number of imidazole rings is 1. The summed E-state index contributed by atoms with van der Waals surface area (Å²) in [6.07, 6.45) is -0.409. The number of benzene rings is 2. The smallest absolute Gasteiger partial charge is 0.175 e. The molecule has 0 saturated carbocycles. The minimum absolute atomic E-state index is 0.231. The van der Waals surface area contributed by atoms with Crippen molar-refractivity contribution in [2.45, 2.75) is 44.2 Å². The first-order valence-corrected chi connectivity index (χ1v) is 11.8. The van der Waals surface area contributed by atoms with Crippen LogP contribution >= 0.6 is 0 Å². The Balaban J connectivity index is 1.35. The van der Waals surface area contributed by atoms with Gasteiger partial charge in [0.25, 0.3) is 0 Å². The van der Waals surface area contributed by atoms with E-state index in [1.807, 2.05) is 11.0 Å². The Kier molecular flexibility index (Phi) is 5.65. The van der Waals surface area contributed by atoms with Crippen molar-refractivity contribution in [3.8, 4) is 0 Å². The van der Waals surface area contributed by atoms with Crippen molar-refractivity contribution >= 4 is 20.9 Å². The largest absolute Gasteiger partial charge is 0.366 e. The van der Waals surface area contributed by atoms with E-state index in [2.05, 4.69) is 29.9 Å². The molecule has 4 rings (SSSR count). The van der Waals surface area contributed by atoms with Gasteiger partial charge >= 0.3 is 0 Å². The summed E-state index contributed by atoms with van der Waals surface area (Å²) >= 11 is 0. The van der Waals surface area contributed by atoms with Gasteiger partial charge in [-0.05, 0) is 54.8 Å². The summed E-state index contributed by atoms with van der Waals surface area (Å²) in [5.41, 5.74) is 5.16. The fourth-order valence-electron chi connectivity index (χ4n) is 3.77. The lowest BCUT2D eigenvalue weighted by Crippen LogP contribution is -2.24. The Bertz CT molecular complexity index is 1120. The number of aryl methyl sites for hydroxylation is 2. The molecule has 0 radical (unpaired) electrons. The van der Waals surface area contributed by atoms with Crippen molar-refractivity contribution in [1.82, 2.24) is 14.9 Å². The quantitative estimate of drug-likeness (QED) is 0.648. The molecule has 1 N–H and O–H groups in total. The molecular weight excluding hydrogens is 405 g/mol. The number of aromatic nitrogens is 2. The molecule has 8 heteroatoms. The normalized spacial score (nSPS) is 20.3. The van der Waals surface area contributed by atoms with Gasteiger partial charge in [0.1, 0.15) is 24.7 Å². The van der Waals surface area contributed by atoms with Crippen LogP contribution in [0.2, 0.25) is 0 Å². The molecule has 2 unspecified atom stereocenters. The zero-order chi connectivity index (χ0) is 21.5. The summed E-state index contributed by atoms with van der Waals surface area (Å²) in [7, 11) is -3.22. The van der Waals surface area contributed by atoms with Crippen LogP contribution in [-0.2, 0) is 27.7 Å². The molecule has 2 heterocycles. The fourth-order valence-corrected chi connectivity index (χ4v) is 4.40. The lowest BCUT2D eigenvalue weighted by Gasteiger charge is -2.16. The molecule has 0 spiro atoms. The van der Waals surface area contributed by atoms with E-state index in [4.69, 9.17) is 4.74 Å². The summed E-state index contributed by atoms with van der Waals surface area (Å²) < 4.78 is 43.5. The van der Waals surface area contributed by atoms with Crippen LogP contribution in [-0.4, -0.2) is 54.9 Å². The van der Waals surface area contributed by atoms with Gasteiger partial charge in [0, 0.05) is 25.9 Å². The molecule has 2 aromatic carbocycles. The number of sulfone groups is 1. The number of nitrogens with zero attached hydrogens (tertiary/aromatic N) is 2. The Morgan fingerprint density at radius 1 is 1.17 bits per heavy atom. The number of H-pyrrole nitrogens is 1. The van der Waals surface area contributed by atoms with Crippen LogP contribution in [0.1, 0.15) is 22.5 Å². The highest BCUT2D eigenvalue weighted by Gasteiger charge is 2.33. The topological polar surface area (TPSA) is 75.3 Å². The van der Waals surface area contributed by atoms with E-state index in [9.17, 15) is 12.8 Å². The second-order valence-corrected chi connectivity index (χ2v) is 10.1. The van der Waals surface area contributed by atoms with E-state index in [-0.39, 0.29) is 18.0 Å². The van der Waals surface area contributed by atoms with E-state index >= 15 is 0 Å². The standard InChI is InChI=1S/C22H26FN3O3S/c1-14-8-19-20(9-15(14)2)25-22(24-19)13-29-21-12-26(11-18(21)23)10-16-4-6-17(7-5-16)30(3,27)28/h4-9,18,21H,10-13H2,1-3H3,(H,24,25). The molecule has 0 aliphatic carbocycles. The third-order valence-corrected chi connectivity index (χ3v) is 6.74. The SMILES string of the molecule is Cc1cc2nc(COC3CN(Cc4ccc(S(C)(=O)=O)cc4)CC3F)[nH]c2cc1C. The maximum absolute atomic E-state index is 14.5. The maximum Gasteiger partial charge on any atom is 0.175 e. The first kappa shape index (κ1) is 21.0. The third kappa shape index (κ3) is 4.55. The number of likely N-dealkylation sites (tertiary alicyclic amines) is 1. The highest BCUT2D eigenvalue weighted by Crippen LogP contribution is 2.22. The number of rotatable bonds is 6. The van der Waals surface area contributed by atoms with Crippen LogP contribution in [0.25, 0.3) is 11.0 Å². The average molecular weight is 432 g/mol. The van der Waals surface area contributed by atoms with E-state index in [1.54, 1.807) is 24.3 Å². The highest BCUT2D eigenvalue weighted by atomic mass is 32.2. The third-order valence-electron chi connectivity index (χ3n) is 5.61. The average Bonchev–Trinajstić information content (AvgIpc) is 3.22. The van der Waals surface area contributed by atoms with Crippen molar-refractivity contribution < 1.29 is 17.5 Å². The summed E-state index contributed by atoms with van der Waals surface area (Å²) in [6, 6.07) is 10.8. The summed E-state index contributed by atoms with van der Waals surface area (Å²) in [5, 5.41) is 0. The monoisotopic (exact) mass is 431 g/mol. The number of hydrogen-bond acceptors (Lipinski definition) is 5. The van der Waals surface area contributed by atoms with Crippen LogP contribution in [0.15, 0.2) is 41.3 Å². The van der Waals surface area contributed by atoms with Gasteiger partial charge in [-0.15, -0.1) is 0 Å². The van der Waals surface area contributed by atoms with Gasteiger partial charge < -0.3 is 9.72 Å². The zero-order valence-corrected chi connectivity index (χ0v) is 18.2. The van der Waals surface area contributed by atoms with E-state index in [0.717, 1.165) is 16.6 Å². The van der Waals surface area contributed by atoms with Gasteiger partial charge in [-0.3, -0.25) is 4.90 Å². The van der Waals surface area contributed by atoms with Gasteiger partial charge in [0.15, 0.2) is 9.84 Å². The lowest BCUT2D eigenvalue weighted by molar-refractivity contribution is 0.00863. The van der Waals surface area contributed by atoms with Crippen LogP contribution in [0, 0.1) is 13.8 Å². The minimum Gasteiger partial charge on any atom is -0.366 e. The highest BCUT2D eigenvalue weighted by molar-refractivity contribution is 7.90. The first-order valence-electron chi connectivity index (χ1n) is 9.92. The second kappa shape index (κ2) is 8.09. The Labute approximate surface area is 176 Å². The van der Waals surface area contributed by atoms with Crippen LogP contribution in [0.3, 0.4) is 0 Å². The van der Waals surface area contributed by atoms with Gasteiger partial charge in [-0.2, -0.15) is 0 Å². The number of hydrogen-bond donors (Lipinski definition) is 1. The molecule has 1 aromatic heterocycles. The molecule has 3 aromatic rings. The van der Waals surface area contributed by atoms with Crippen molar-refractivity contribution in [1.29, 1.82) is 0 Å². The van der Waals surface area contributed by atoms with Gasteiger partial charge in [0.2, 0.25) is 0 Å². The Morgan fingerprint density at radius 3 is 2.57 bits per heavy atom. The number of nitrogens with one attached hydrogen (secondary N) is 1. The van der Waals surface area contributed by atoms with E-state index in [0.29, 0.717) is 18.9 Å². The molecule has 1 aliphatic heterocycles. The predicted molar refractivity (Wildman–Crippen MR) is 114 cm³/mol. The van der Waals surface area contributed by atoms with Gasteiger partial charge in [-0.1, -0.05) is 12.1 Å². The summed E-state index contributed by atoms with van der Waals surface area (Å²) in [6.45, 7) is 5.66. The maximum atomic E-state index is 14.5. The molecule has 0 bridgehead atoms. The zero-order valence-electron chi connectivity index (χ0n) is 17.4. The fraction of sp³-hybridized carbons (Fsp3) is 0.409. The number of fused-ring (bicyclic) bond motifs is 1. The molecule has 160 valence electrons. The van der Waals surface area contributed by atoms with E-state index in [1.165, 1.54) is 17.4 Å². The molecule has 1 aliphatic rings. The number of halogens is 1. The first-order chi connectivity index (χ1) is 14.2. The second-order valence-electron chi connectivity index (χ2n) is 8.11. The molecule has 1 saturated heterocycles. The summed E-state index contributed by atoms with van der Waals surface area (Å²) in [4.78, 5) is 10.1. The van der Waals surface area contributed by atoms with Crippen molar-refractivity contribution in [3.63, 3.8) is 0 Å². The number of aromatic amines is 1. The van der Waals surface area contributed by atoms with Crippen LogP contribution < -0.4 is 0 Å². The van der Waals surface area contributed by atoms with E-state index < -0.39 is 22.1 Å². The van der Waals surface area contributed by atoms with Crippen LogP contribution in [0.4, 0.5) is 4.39 Å². The molecular formula is C22H26FN3O3S. The molecule has 6 nitrogen and oxygen atoms in total. The van der Waals surface area contributed by atoms with Crippen molar-refractivity contribution in [2.24, 2.45) is 0 Å². The van der Waals surface area contributed by atoms with Gasteiger partial charge in [0.05, 0.1) is 15.9 Å². The molecule has 1 fully saturated rings. The van der Waals surface area contributed by atoms with Crippen molar-refractivity contribution in [2.75, 3.05) is 19.3 Å². The lowest BCUT2D eigenvalue weighted by atomic mass is 10.1. The molecule has 30 heavy (non-hydrogen) atoms. The number of alkyl halides is 1. The number of ether oxygens (including phenoxy) is 1. The Hall–Kier alpha value is -2.29. The summed E-state index contributed by atoms with van der Waals surface area (Å²) in [5.74, 6) is 0.692.